The zero-order valence-corrected chi connectivity index (χ0v) is 11.0. The predicted molar refractivity (Wildman–Crippen MR) is 69.6 cm³/mol. The number of aromatic nitrogens is 3. The van der Waals surface area contributed by atoms with Crippen molar-refractivity contribution in [3.63, 3.8) is 0 Å². The van der Waals surface area contributed by atoms with E-state index >= 15 is 0 Å². The molecule has 0 unspecified atom stereocenters. The molecule has 5 nitrogen and oxygen atoms in total. The Bertz CT molecular complexity index is 521. The van der Waals surface area contributed by atoms with Crippen molar-refractivity contribution in [2.24, 2.45) is 7.05 Å². The molecule has 0 aromatic carbocycles. The van der Waals surface area contributed by atoms with Crippen molar-refractivity contribution < 1.29 is 4.74 Å². The average molecular weight is 246 g/mol. The van der Waals surface area contributed by atoms with Gasteiger partial charge >= 0.3 is 0 Å². The molecular formula is C13H18N4O. The number of nitrogens with zero attached hydrogens (tertiary/aromatic N) is 3. The SMILES string of the molecule is CCNCc1ccc(Oc2cnn(C)c2)nc1C. The van der Waals surface area contributed by atoms with Crippen molar-refractivity contribution in [1.82, 2.24) is 20.1 Å². The van der Waals surface area contributed by atoms with Gasteiger partial charge in [-0.1, -0.05) is 13.0 Å². The average Bonchev–Trinajstić information content (AvgIpc) is 2.74. The van der Waals surface area contributed by atoms with Gasteiger partial charge < -0.3 is 10.1 Å². The van der Waals surface area contributed by atoms with Gasteiger partial charge in [0.2, 0.25) is 5.88 Å². The van der Waals surface area contributed by atoms with E-state index in [1.165, 1.54) is 5.56 Å². The van der Waals surface area contributed by atoms with Gasteiger partial charge in [-0.05, 0) is 19.0 Å². The third-order valence-corrected chi connectivity index (χ3v) is 2.64. The van der Waals surface area contributed by atoms with Crippen LogP contribution < -0.4 is 10.1 Å². The Morgan fingerprint density at radius 1 is 1.39 bits per heavy atom. The van der Waals surface area contributed by atoms with Crippen molar-refractivity contribution >= 4 is 0 Å². The first-order valence-electron chi connectivity index (χ1n) is 6.02. The van der Waals surface area contributed by atoms with Crippen LogP contribution in [-0.2, 0) is 13.6 Å². The molecule has 0 saturated carbocycles. The standard InChI is InChI=1S/C13H18N4O/c1-4-14-7-11-5-6-13(16-10(11)2)18-12-8-15-17(3)9-12/h5-6,8-9,14H,4,7H2,1-3H3. The molecule has 2 heterocycles. The smallest absolute Gasteiger partial charge is 0.219 e. The minimum absolute atomic E-state index is 0.598. The Labute approximate surface area is 107 Å². The highest BCUT2D eigenvalue weighted by molar-refractivity contribution is 5.28. The highest BCUT2D eigenvalue weighted by Crippen LogP contribution is 2.19. The number of pyridine rings is 1. The van der Waals surface area contributed by atoms with Gasteiger partial charge in [0, 0.05) is 25.4 Å². The van der Waals surface area contributed by atoms with Gasteiger partial charge in [0.05, 0.1) is 12.4 Å². The van der Waals surface area contributed by atoms with E-state index in [9.17, 15) is 0 Å². The molecule has 5 heteroatoms. The number of ether oxygens (including phenoxy) is 1. The molecule has 1 N–H and O–H groups in total. The largest absolute Gasteiger partial charge is 0.436 e. The highest BCUT2D eigenvalue weighted by atomic mass is 16.5. The summed E-state index contributed by atoms with van der Waals surface area (Å²) < 4.78 is 7.32. The van der Waals surface area contributed by atoms with E-state index < -0.39 is 0 Å². The van der Waals surface area contributed by atoms with E-state index in [0.29, 0.717) is 11.6 Å². The first-order chi connectivity index (χ1) is 8.69. The maximum atomic E-state index is 5.62. The number of aryl methyl sites for hydroxylation is 2. The van der Waals surface area contributed by atoms with Gasteiger partial charge in [-0.25, -0.2) is 4.98 Å². The first kappa shape index (κ1) is 12.6. The minimum Gasteiger partial charge on any atom is -0.436 e. The molecule has 0 aliphatic rings. The fourth-order valence-corrected chi connectivity index (χ4v) is 1.64. The van der Waals surface area contributed by atoms with Crippen LogP contribution in [0.15, 0.2) is 24.5 Å². The summed E-state index contributed by atoms with van der Waals surface area (Å²) in [5.41, 5.74) is 2.17. The summed E-state index contributed by atoms with van der Waals surface area (Å²) in [6, 6.07) is 3.92. The van der Waals surface area contributed by atoms with Gasteiger partial charge in [-0.3, -0.25) is 4.68 Å². The lowest BCUT2D eigenvalue weighted by atomic mass is 10.2. The summed E-state index contributed by atoms with van der Waals surface area (Å²) in [5.74, 6) is 1.30. The number of rotatable bonds is 5. The van der Waals surface area contributed by atoms with Crippen LogP contribution in [0.25, 0.3) is 0 Å². The van der Waals surface area contributed by atoms with Crippen LogP contribution in [0.3, 0.4) is 0 Å². The van der Waals surface area contributed by atoms with Gasteiger partial charge in [-0.2, -0.15) is 5.10 Å². The zero-order valence-electron chi connectivity index (χ0n) is 11.0. The van der Waals surface area contributed by atoms with Gasteiger partial charge in [0.15, 0.2) is 5.75 Å². The number of nitrogens with one attached hydrogen (secondary N) is 1. The normalized spacial score (nSPS) is 10.6. The van der Waals surface area contributed by atoms with Crippen LogP contribution in [0.2, 0.25) is 0 Å². The molecular weight excluding hydrogens is 228 g/mol. The molecule has 0 aliphatic heterocycles. The minimum atomic E-state index is 0.598. The number of hydrogen-bond donors (Lipinski definition) is 1. The first-order valence-corrected chi connectivity index (χ1v) is 6.02. The lowest BCUT2D eigenvalue weighted by Gasteiger charge is -2.08. The maximum Gasteiger partial charge on any atom is 0.219 e. The summed E-state index contributed by atoms with van der Waals surface area (Å²) in [4.78, 5) is 4.43. The summed E-state index contributed by atoms with van der Waals surface area (Å²) in [7, 11) is 1.85. The summed E-state index contributed by atoms with van der Waals surface area (Å²) >= 11 is 0. The summed E-state index contributed by atoms with van der Waals surface area (Å²) in [5, 5.41) is 7.33. The third-order valence-electron chi connectivity index (χ3n) is 2.64. The molecule has 0 spiro atoms. The van der Waals surface area contributed by atoms with Crippen molar-refractivity contribution in [3.8, 4) is 11.6 Å². The lowest BCUT2D eigenvalue weighted by molar-refractivity contribution is 0.460. The quantitative estimate of drug-likeness (QED) is 0.877. The van der Waals surface area contributed by atoms with Crippen LogP contribution in [0.1, 0.15) is 18.2 Å². The highest BCUT2D eigenvalue weighted by Gasteiger charge is 2.04. The molecule has 0 radical (unpaired) electrons. The molecule has 2 rings (SSSR count). The third kappa shape index (κ3) is 3.07. The molecule has 0 bridgehead atoms. The second-order valence-electron chi connectivity index (χ2n) is 4.13. The van der Waals surface area contributed by atoms with Crippen LogP contribution in [0.4, 0.5) is 0 Å². The maximum absolute atomic E-state index is 5.62. The Hall–Kier alpha value is -1.88. The fraction of sp³-hybridized carbons (Fsp3) is 0.385. The summed E-state index contributed by atoms with van der Waals surface area (Å²) in [6.07, 6.45) is 3.48. The molecule has 0 atom stereocenters. The second kappa shape index (κ2) is 5.64. The molecule has 96 valence electrons. The van der Waals surface area contributed by atoms with E-state index in [4.69, 9.17) is 4.74 Å². The molecule has 0 amide bonds. The molecule has 0 aliphatic carbocycles. The Morgan fingerprint density at radius 3 is 2.83 bits per heavy atom. The number of hydrogen-bond acceptors (Lipinski definition) is 4. The van der Waals surface area contributed by atoms with Crippen LogP contribution in [0, 0.1) is 6.92 Å². The molecule has 0 fully saturated rings. The molecule has 18 heavy (non-hydrogen) atoms. The Balaban J connectivity index is 2.08. The van der Waals surface area contributed by atoms with Gasteiger partial charge in [0.1, 0.15) is 0 Å². The lowest BCUT2D eigenvalue weighted by Crippen LogP contribution is -2.13. The fourth-order valence-electron chi connectivity index (χ4n) is 1.64. The zero-order chi connectivity index (χ0) is 13.0. The molecule has 2 aromatic heterocycles. The Kier molecular flexibility index (Phi) is 3.94. The van der Waals surface area contributed by atoms with E-state index in [1.54, 1.807) is 10.9 Å². The van der Waals surface area contributed by atoms with Crippen molar-refractivity contribution in [3.05, 3.63) is 35.8 Å². The van der Waals surface area contributed by atoms with E-state index in [2.05, 4.69) is 22.3 Å². The van der Waals surface area contributed by atoms with Crippen molar-refractivity contribution in [2.45, 2.75) is 20.4 Å². The summed E-state index contributed by atoms with van der Waals surface area (Å²) in [6.45, 7) is 5.86. The van der Waals surface area contributed by atoms with Crippen LogP contribution in [0.5, 0.6) is 11.6 Å². The van der Waals surface area contributed by atoms with Crippen LogP contribution >= 0.6 is 0 Å². The van der Waals surface area contributed by atoms with E-state index in [-0.39, 0.29) is 0 Å². The van der Waals surface area contributed by atoms with Crippen molar-refractivity contribution in [1.29, 1.82) is 0 Å². The predicted octanol–water partition coefficient (Wildman–Crippen LogP) is 2.03. The van der Waals surface area contributed by atoms with Gasteiger partial charge in [0.25, 0.3) is 0 Å². The van der Waals surface area contributed by atoms with Crippen LogP contribution in [-0.4, -0.2) is 21.3 Å². The molecule has 0 saturated heterocycles. The molecule has 2 aromatic rings. The van der Waals surface area contributed by atoms with Crippen molar-refractivity contribution in [2.75, 3.05) is 6.54 Å². The topological polar surface area (TPSA) is 52.0 Å². The van der Waals surface area contributed by atoms with E-state index in [0.717, 1.165) is 18.8 Å². The monoisotopic (exact) mass is 246 g/mol. The van der Waals surface area contributed by atoms with Gasteiger partial charge in [-0.15, -0.1) is 0 Å². The second-order valence-corrected chi connectivity index (χ2v) is 4.13. The van der Waals surface area contributed by atoms with E-state index in [1.807, 2.05) is 32.3 Å². The Morgan fingerprint density at radius 2 is 2.22 bits per heavy atom.